The Morgan fingerprint density at radius 2 is 1.93 bits per heavy atom. The minimum atomic E-state index is -4.18. The van der Waals surface area contributed by atoms with Crippen LogP contribution in [0.5, 0.6) is 5.75 Å². The summed E-state index contributed by atoms with van der Waals surface area (Å²) in [4.78, 5) is 25.0. The molecule has 8 nitrogen and oxygen atoms in total. The molecule has 2 aromatic rings. The number of ether oxygens (including phenoxy) is 1. The number of thiophene rings is 1. The molecule has 3 amide bonds. The van der Waals surface area contributed by atoms with E-state index in [4.69, 9.17) is 4.74 Å². The van der Waals surface area contributed by atoms with Crippen LogP contribution in [0.1, 0.15) is 37.6 Å². The van der Waals surface area contributed by atoms with Crippen molar-refractivity contribution < 1.29 is 22.7 Å². The summed E-state index contributed by atoms with van der Waals surface area (Å²) >= 11 is 1.54. The largest absolute Gasteiger partial charge is 0.492 e. The van der Waals surface area contributed by atoms with Gasteiger partial charge in [-0.2, -0.15) is 0 Å². The Morgan fingerprint density at radius 1 is 1.20 bits per heavy atom. The Bertz CT molecular complexity index is 986. The van der Waals surface area contributed by atoms with Crippen molar-refractivity contribution in [1.29, 1.82) is 0 Å². The van der Waals surface area contributed by atoms with E-state index >= 15 is 0 Å². The number of carbonyl (C=O) groups is 2. The van der Waals surface area contributed by atoms with Gasteiger partial charge in [-0.15, -0.1) is 11.3 Å². The lowest BCUT2D eigenvalue weighted by atomic mass is 10.0. The average Bonchev–Trinajstić information content (AvgIpc) is 3.22. The molecule has 0 fully saturated rings. The lowest BCUT2D eigenvalue weighted by molar-refractivity contribution is -0.122. The second kappa shape index (κ2) is 9.94. The molecule has 0 saturated heterocycles. The van der Waals surface area contributed by atoms with E-state index in [1.54, 1.807) is 17.4 Å². The first kappa shape index (κ1) is 23.7. The van der Waals surface area contributed by atoms with E-state index in [-0.39, 0.29) is 23.0 Å². The highest BCUT2D eigenvalue weighted by molar-refractivity contribution is 7.90. The van der Waals surface area contributed by atoms with Crippen LogP contribution >= 0.6 is 11.3 Å². The zero-order valence-corrected chi connectivity index (χ0v) is 19.1. The number of benzene rings is 1. The monoisotopic (exact) mass is 453 g/mol. The molecule has 0 bridgehead atoms. The Kier molecular flexibility index (Phi) is 7.85. The number of rotatable bonds is 9. The summed E-state index contributed by atoms with van der Waals surface area (Å²) in [5.41, 5.74) is -0.0684. The van der Waals surface area contributed by atoms with Crippen molar-refractivity contribution in [3.8, 4) is 5.75 Å². The number of urea groups is 1. The van der Waals surface area contributed by atoms with Crippen LogP contribution < -0.4 is 20.1 Å². The first-order chi connectivity index (χ1) is 14.1. The highest BCUT2D eigenvalue weighted by Crippen LogP contribution is 2.27. The molecule has 2 rings (SSSR count). The van der Waals surface area contributed by atoms with Gasteiger partial charge in [-0.1, -0.05) is 19.1 Å². The van der Waals surface area contributed by atoms with Gasteiger partial charge in [0.15, 0.2) is 0 Å². The van der Waals surface area contributed by atoms with Crippen LogP contribution in [-0.2, 0) is 26.8 Å². The number of hydrogen-bond donors (Lipinski definition) is 3. The number of nitrogens with one attached hydrogen (secondary N) is 3. The number of carbonyl (C=O) groups excluding carboxylic acids is 2. The molecule has 1 heterocycles. The molecular formula is C20H27N3O5S2. The predicted molar refractivity (Wildman–Crippen MR) is 116 cm³/mol. The molecule has 0 aliphatic carbocycles. The summed E-state index contributed by atoms with van der Waals surface area (Å²) in [6, 6.07) is 7.49. The molecule has 0 radical (unpaired) electrons. The summed E-state index contributed by atoms with van der Waals surface area (Å²) in [6.07, 6.45) is 0.662. The zero-order valence-electron chi connectivity index (χ0n) is 17.4. The van der Waals surface area contributed by atoms with Gasteiger partial charge in [0.1, 0.15) is 10.6 Å². The van der Waals surface area contributed by atoms with Crippen molar-refractivity contribution in [1.82, 2.24) is 15.4 Å². The Hall–Kier alpha value is -2.59. The summed E-state index contributed by atoms with van der Waals surface area (Å²) in [7, 11) is -2.86. The average molecular weight is 454 g/mol. The van der Waals surface area contributed by atoms with E-state index in [0.717, 1.165) is 4.88 Å². The van der Waals surface area contributed by atoms with Crippen molar-refractivity contribution in [3.63, 3.8) is 0 Å². The lowest BCUT2D eigenvalue weighted by Gasteiger charge is -2.25. The smallest absolute Gasteiger partial charge is 0.328 e. The van der Waals surface area contributed by atoms with Gasteiger partial charge < -0.3 is 15.4 Å². The van der Waals surface area contributed by atoms with Gasteiger partial charge in [0, 0.05) is 11.9 Å². The van der Waals surface area contributed by atoms with Gasteiger partial charge in [0.25, 0.3) is 10.0 Å². The van der Waals surface area contributed by atoms with Crippen LogP contribution in [0.25, 0.3) is 0 Å². The predicted octanol–water partition coefficient (Wildman–Crippen LogP) is 2.75. The van der Waals surface area contributed by atoms with Crippen LogP contribution in [0, 0.1) is 0 Å². The van der Waals surface area contributed by atoms with Gasteiger partial charge >= 0.3 is 6.03 Å². The second-order valence-corrected chi connectivity index (χ2v) is 9.74. The Labute approximate surface area is 181 Å². The molecule has 10 heteroatoms. The van der Waals surface area contributed by atoms with E-state index in [2.05, 4.69) is 10.6 Å². The summed E-state index contributed by atoms with van der Waals surface area (Å²) in [5, 5.41) is 7.11. The molecular weight excluding hydrogens is 426 g/mol. The standard InChI is InChI=1S/C20H27N3O5S2/c1-5-10-28-15-9-8-14(12-16(15)30(26,27)23-19(25)21-4)13-18(24)22-20(2,3)17-7-6-11-29-17/h6-9,11-12H,5,10,13H2,1-4H3,(H,22,24)(H2,21,23,25). The molecule has 0 aliphatic heterocycles. The van der Waals surface area contributed by atoms with E-state index < -0.39 is 21.6 Å². The fourth-order valence-corrected chi connectivity index (χ4v) is 4.67. The van der Waals surface area contributed by atoms with E-state index in [9.17, 15) is 18.0 Å². The van der Waals surface area contributed by atoms with Crippen LogP contribution in [0.15, 0.2) is 40.6 Å². The van der Waals surface area contributed by atoms with Crippen molar-refractivity contribution in [2.45, 2.75) is 44.0 Å². The molecule has 0 saturated carbocycles. The highest BCUT2D eigenvalue weighted by atomic mass is 32.2. The van der Waals surface area contributed by atoms with Crippen molar-refractivity contribution >= 4 is 33.3 Å². The third kappa shape index (κ3) is 6.20. The summed E-state index contributed by atoms with van der Waals surface area (Å²) in [6.45, 7) is 6.02. The van der Waals surface area contributed by atoms with Crippen LogP contribution in [0.2, 0.25) is 0 Å². The summed E-state index contributed by atoms with van der Waals surface area (Å²) in [5.74, 6) is -0.130. The molecule has 164 valence electrons. The van der Waals surface area contributed by atoms with E-state index in [1.807, 2.05) is 43.0 Å². The second-order valence-electron chi connectivity index (χ2n) is 7.14. The number of amides is 3. The maximum atomic E-state index is 12.7. The minimum absolute atomic E-state index is 0.0225. The molecule has 30 heavy (non-hydrogen) atoms. The number of hydrogen-bond acceptors (Lipinski definition) is 6. The van der Waals surface area contributed by atoms with Gasteiger partial charge in [0.2, 0.25) is 5.91 Å². The SMILES string of the molecule is CCCOc1ccc(CC(=O)NC(C)(C)c2cccs2)cc1S(=O)(=O)NC(=O)NC. The highest BCUT2D eigenvalue weighted by Gasteiger charge is 2.26. The fraction of sp³-hybridized carbons (Fsp3) is 0.400. The Morgan fingerprint density at radius 3 is 2.53 bits per heavy atom. The topological polar surface area (TPSA) is 114 Å². The van der Waals surface area contributed by atoms with E-state index in [1.165, 1.54) is 19.2 Å². The summed E-state index contributed by atoms with van der Waals surface area (Å²) < 4.78 is 32.8. The molecule has 0 aliphatic rings. The van der Waals surface area contributed by atoms with Gasteiger partial charge in [-0.05, 0) is 49.4 Å². The molecule has 0 spiro atoms. The molecule has 1 aromatic carbocycles. The lowest BCUT2D eigenvalue weighted by Crippen LogP contribution is -2.41. The van der Waals surface area contributed by atoms with Gasteiger partial charge in [0.05, 0.1) is 18.6 Å². The fourth-order valence-electron chi connectivity index (χ4n) is 2.71. The van der Waals surface area contributed by atoms with E-state index in [0.29, 0.717) is 18.6 Å². The normalized spacial score (nSPS) is 11.6. The van der Waals surface area contributed by atoms with Crippen molar-refractivity contribution in [2.75, 3.05) is 13.7 Å². The third-order valence-corrected chi connectivity index (χ3v) is 6.71. The van der Waals surface area contributed by atoms with Crippen LogP contribution in [-0.4, -0.2) is 34.0 Å². The maximum absolute atomic E-state index is 12.7. The van der Waals surface area contributed by atoms with Crippen molar-refractivity contribution in [3.05, 3.63) is 46.2 Å². The van der Waals surface area contributed by atoms with Crippen molar-refractivity contribution in [2.24, 2.45) is 0 Å². The van der Waals surface area contributed by atoms with Gasteiger partial charge in [-0.25, -0.2) is 17.9 Å². The molecule has 0 atom stereocenters. The number of sulfonamides is 1. The van der Waals surface area contributed by atoms with Crippen LogP contribution in [0.3, 0.4) is 0 Å². The Balaban J connectivity index is 2.26. The third-order valence-electron chi connectivity index (χ3n) is 4.17. The van der Waals surface area contributed by atoms with Gasteiger partial charge in [-0.3, -0.25) is 4.79 Å². The first-order valence-corrected chi connectivity index (χ1v) is 11.8. The zero-order chi connectivity index (χ0) is 22.4. The quantitative estimate of drug-likeness (QED) is 0.540. The van der Waals surface area contributed by atoms with Crippen LogP contribution in [0.4, 0.5) is 4.79 Å². The first-order valence-electron chi connectivity index (χ1n) is 9.44. The maximum Gasteiger partial charge on any atom is 0.328 e. The minimum Gasteiger partial charge on any atom is -0.492 e. The molecule has 0 unspecified atom stereocenters. The molecule has 1 aromatic heterocycles. The molecule has 3 N–H and O–H groups in total.